The first-order valence-electron chi connectivity index (χ1n) is 9.25. The number of thioether (sulfide) groups is 1. The number of nitrogen functional groups attached to an aromatic ring is 1. The number of hydrogen-bond donors (Lipinski definition) is 1. The first-order chi connectivity index (χ1) is 14.3. The van der Waals surface area contributed by atoms with Crippen molar-refractivity contribution >= 4 is 61.2 Å². The lowest BCUT2D eigenvalue weighted by molar-refractivity contribution is 0.0741. The predicted molar refractivity (Wildman–Crippen MR) is 120 cm³/mol. The lowest BCUT2D eigenvalue weighted by atomic mass is 10.0. The van der Waals surface area contributed by atoms with Crippen molar-refractivity contribution in [2.45, 2.75) is 10.9 Å². The summed E-state index contributed by atoms with van der Waals surface area (Å²) < 4.78 is 17.6. The molecule has 2 N–H and O–H groups in total. The molecule has 2 aromatic carbocycles. The van der Waals surface area contributed by atoms with E-state index >= 15 is 0 Å². The van der Waals surface area contributed by atoms with Gasteiger partial charge in [0.05, 0.1) is 34.2 Å². The SMILES string of the molecule is CN(C(=O)c1cc2c(cc1F)nc(N)c1cnn(C)c12)C1CSc2cc(Br)ccc21. The predicted octanol–water partition coefficient (Wildman–Crippen LogP) is 4.52. The number of carbonyl (C=O) groups excluding carboxylic acids is 1. The number of benzene rings is 2. The summed E-state index contributed by atoms with van der Waals surface area (Å²) >= 11 is 5.17. The molecule has 1 aliphatic rings. The Hall–Kier alpha value is -2.65. The number of carbonyl (C=O) groups is 1. The molecule has 0 saturated carbocycles. The zero-order valence-corrected chi connectivity index (χ0v) is 18.6. The maximum atomic E-state index is 15.0. The summed E-state index contributed by atoms with van der Waals surface area (Å²) in [5.41, 5.74) is 8.20. The molecule has 0 radical (unpaired) electrons. The molecule has 0 saturated heterocycles. The van der Waals surface area contributed by atoms with Gasteiger partial charge in [-0.25, -0.2) is 9.37 Å². The number of aromatic nitrogens is 3. The molecule has 0 bridgehead atoms. The first-order valence-corrected chi connectivity index (χ1v) is 11.0. The number of pyridine rings is 1. The van der Waals surface area contributed by atoms with Crippen LogP contribution in [-0.2, 0) is 7.05 Å². The molecule has 1 aliphatic heterocycles. The number of nitrogens with zero attached hydrogens (tertiary/aromatic N) is 4. The van der Waals surface area contributed by atoms with Gasteiger partial charge >= 0.3 is 0 Å². The second-order valence-corrected chi connectivity index (χ2v) is 9.28. The molecule has 3 heterocycles. The van der Waals surface area contributed by atoms with Crippen LogP contribution in [0.25, 0.3) is 21.8 Å². The molecule has 1 amide bonds. The summed E-state index contributed by atoms with van der Waals surface area (Å²) in [6.07, 6.45) is 1.62. The summed E-state index contributed by atoms with van der Waals surface area (Å²) in [6.45, 7) is 0. The molecule has 0 fully saturated rings. The molecule has 1 atom stereocenters. The fraction of sp³-hybridized carbons (Fsp3) is 0.190. The van der Waals surface area contributed by atoms with Crippen molar-refractivity contribution < 1.29 is 9.18 Å². The van der Waals surface area contributed by atoms with Crippen molar-refractivity contribution in [2.75, 3.05) is 18.5 Å². The van der Waals surface area contributed by atoms with E-state index in [0.29, 0.717) is 16.3 Å². The number of amides is 1. The quantitative estimate of drug-likeness (QED) is 0.451. The summed E-state index contributed by atoms with van der Waals surface area (Å²) in [7, 11) is 3.50. The molecular weight excluding hydrogens is 469 g/mol. The number of aryl methyl sites for hydroxylation is 1. The number of nitrogens with two attached hydrogens (primary N) is 1. The molecule has 0 aliphatic carbocycles. The van der Waals surface area contributed by atoms with E-state index in [0.717, 1.165) is 26.2 Å². The van der Waals surface area contributed by atoms with Crippen LogP contribution in [0.3, 0.4) is 0 Å². The van der Waals surface area contributed by atoms with Crippen molar-refractivity contribution in [1.29, 1.82) is 0 Å². The van der Waals surface area contributed by atoms with E-state index in [1.807, 2.05) is 18.2 Å². The van der Waals surface area contributed by atoms with Crippen LogP contribution < -0.4 is 5.73 Å². The van der Waals surface area contributed by atoms with E-state index < -0.39 is 5.82 Å². The number of hydrogen-bond acceptors (Lipinski definition) is 5. The summed E-state index contributed by atoms with van der Waals surface area (Å²) in [5.74, 6) is 0.0251. The lowest BCUT2D eigenvalue weighted by Gasteiger charge is -2.25. The van der Waals surface area contributed by atoms with Crippen molar-refractivity contribution in [2.24, 2.45) is 7.05 Å². The highest BCUT2D eigenvalue weighted by molar-refractivity contribution is 9.10. The van der Waals surface area contributed by atoms with Crippen LogP contribution in [0.4, 0.5) is 10.2 Å². The molecule has 9 heteroatoms. The standard InChI is InChI=1S/C21H17BrFN5OS/c1-27(17-9-30-18-5-10(22)3-4-11(17)18)21(29)12-6-13-16(7-15(12)23)26-20(24)14-8-25-28(2)19(13)14/h3-8,17H,9H2,1-2H3,(H2,24,26). The molecule has 4 aromatic rings. The Bertz CT molecular complexity index is 1350. The Morgan fingerprint density at radius 3 is 2.93 bits per heavy atom. The van der Waals surface area contributed by atoms with Crippen LogP contribution >= 0.6 is 27.7 Å². The number of rotatable bonds is 2. The minimum absolute atomic E-state index is 0.00892. The Kier molecular flexibility index (Phi) is 4.48. The summed E-state index contributed by atoms with van der Waals surface area (Å²) in [6, 6.07) is 8.72. The molecule has 30 heavy (non-hydrogen) atoms. The minimum atomic E-state index is -0.616. The maximum absolute atomic E-state index is 15.0. The Morgan fingerprint density at radius 1 is 1.33 bits per heavy atom. The van der Waals surface area contributed by atoms with Gasteiger partial charge in [0.15, 0.2) is 0 Å². The normalized spacial score (nSPS) is 15.7. The number of fused-ring (bicyclic) bond motifs is 4. The highest BCUT2D eigenvalue weighted by Gasteiger charge is 2.31. The van der Waals surface area contributed by atoms with Gasteiger partial charge in [0.25, 0.3) is 5.91 Å². The third kappa shape index (κ3) is 2.87. The molecule has 152 valence electrons. The van der Waals surface area contributed by atoms with E-state index in [1.54, 1.807) is 47.7 Å². The zero-order chi connectivity index (χ0) is 21.2. The third-order valence-electron chi connectivity index (χ3n) is 5.55. The lowest BCUT2D eigenvalue weighted by Crippen LogP contribution is -2.32. The fourth-order valence-corrected chi connectivity index (χ4v) is 5.80. The van der Waals surface area contributed by atoms with Gasteiger partial charge in [-0.1, -0.05) is 22.0 Å². The van der Waals surface area contributed by atoms with Crippen molar-refractivity contribution in [1.82, 2.24) is 19.7 Å². The van der Waals surface area contributed by atoms with Crippen molar-refractivity contribution in [3.05, 3.63) is 57.9 Å². The van der Waals surface area contributed by atoms with E-state index in [9.17, 15) is 9.18 Å². The van der Waals surface area contributed by atoms with Gasteiger partial charge in [-0.15, -0.1) is 11.8 Å². The molecular formula is C21H17BrFN5OS. The van der Waals surface area contributed by atoms with Crippen LogP contribution in [0.15, 0.2) is 45.9 Å². The topological polar surface area (TPSA) is 77.0 Å². The zero-order valence-electron chi connectivity index (χ0n) is 16.2. The van der Waals surface area contributed by atoms with Crippen molar-refractivity contribution in [3.63, 3.8) is 0 Å². The van der Waals surface area contributed by atoms with Gasteiger partial charge in [0.2, 0.25) is 0 Å². The monoisotopic (exact) mass is 485 g/mol. The van der Waals surface area contributed by atoms with Crippen LogP contribution in [0.5, 0.6) is 0 Å². The van der Waals surface area contributed by atoms with Crippen LogP contribution in [-0.4, -0.2) is 38.4 Å². The summed E-state index contributed by atoms with van der Waals surface area (Å²) in [5, 5.41) is 5.55. The van der Waals surface area contributed by atoms with Gasteiger partial charge in [-0.3, -0.25) is 9.48 Å². The molecule has 1 unspecified atom stereocenters. The van der Waals surface area contributed by atoms with Gasteiger partial charge in [-0.05, 0) is 23.8 Å². The highest BCUT2D eigenvalue weighted by atomic mass is 79.9. The number of halogens is 2. The first kappa shape index (κ1) is 19.3. The van der Waals surface area contributed by atoms with E-state index in [4.69, 9.17) is 5.73 Å². The largest absolute Gasteiger partial charge is 0.383 e. The average molecular weight is 486 g/mol. The Morgan fingerprint density at radius 2 is 2.13 bits per heavy atom. The molecule has 5 rings (SSSR count). The molecule has 6 nitrogen and oxygen atoms in total. The molecule has 0 spiro atoms. The second kappa shape index (κ2) is 6.95. The Labute approximate surface area is 184 Å². The fourth-order valence-electron chi connectivity index (χ4n) is 3.96. The van der Waals surface area contributed by atoms with E-state index in [2.05, 4.69) is 26.0 Å². The van der Waals surface area contributed by atoms with Gasteiger partial charge in [0.1, 0.15) is 11.6 Å². The third-order valence-corrected chi connectivity index (χ3v) is 7.19. The van der Waals surface area contributed by atoms with E-state index in [-0.39, 0.29) is 23.3 Å². The highest BCUT2D eigenvalue weighted by Crippen LogP contribution is 2.42. The number of anilines is 1. The second-order valence-electron chi connectivity index (χ2n) is 7.30. The van der Waals surface area contributed by atoms with Crippen LogP contribution in [0, 0.1) is 5.82 Å². The van der Waals surface area contributed by atoms with E-state index in [1.165, 1.54) is 6.07 Å². The smallest absolute Gasteiger partial charge is 0.257 e. The average Bonchev–Trinajstić information content (AvgIpc) is 3.30. The van der Waals surface area contributed by atoms with Crippen molar-refractivity contribution in [3.8, 4) is 0 Å². The van der Waals surface area contributed by atoms with Gasteiger partial charge in [-0.2, -0.15) is 5.10 Å². The minimum Gasteiger partial charge on any atom is -0.383 e. The van der Waals surface area contributed by atoms with Gasteiger partial charge in [0, 0.05) is 40.7 Å². The summed E-state index contributed by atoms with van der Waals surface area (Å²) in [4.78, 5) is 20.3. The van der Waals surface area contributed by atoms with Gasteiger partial charge < -0.3 is 10.6 Å². The Balaban J connectivity index is 1.60. The van der Waals surface area contributed by atoms with Crippen LogP contribution in [0.2, 0.25) is 0 Å². The van der Waals surface area contributed by atoms with Crippen LogP contribution in [0.1, 0.15) is 22.0 Å². The molecule has 2 aromatic heterocycles. The maximum Gasteiger partial charge on any atom is 0.257 e.